The Bertz CT molecular complexity index is 609. The molecule has 19 heavy (non-hydrogen) atoms. The summed E-state index contributed by atoms with van der Waals surface area (Å²) in [6.45, 7) is 8.23. The number of aromatic nitrogens is 2. The molecule has 0 bridgehead atoms. The fourth-order valence-corrected chi connectivity index (χ4v) is 1.69. The molecule has 1 amide bonds. The fraction of sp³-hybridized carbons (Fsp3) is 0.429. The number of nitrogens with two attached hydrogens (primary N) is 1. The van der Waals surface area contributed by atoms with Gasteiger partial charge >= 0.3 is 0 Å². The maximum Gasteiger partial charge on any atom is 0.272 e. The Hall–Kier alpha value is -2.04. The molecule has 0 spiro atoms. The number of fused-ring (bicyclic) bond motifs is 1. The van der Waals surface area contributed by atoms with Gasteiger partial charge in [0.2, 0.25) is 0 Å². The first-order chi connectivity index (χ1) is 8.79. The summed E-state index contributed by atoms with van der Waals surface area (Å²) >= 11 is 0. The number of nitrogens with one attached hydrogen (secondary N) is 2. The zero-order chi connectivity index (χ0) is 14.2. The van der Waals surface area contributed by atoms with Crippen LogP contribution < -0.4 is 11.1 Å². The molecular weight excluding hydrogens is 240 g/mol. The van der Waals surface area contributed by atoms with Gasteiger partial charge in [-0.3, -0.25) is 9.89 Å². The van der Waals surface area contributed by atoms with Gasteiger partial charge in [0.05, 0.1) is 5.52 Å². The van der Waals surface area contributed by atoms with E-state index in [0.29, 0.717) is 11.4 Å². The Kier molecular flexibility index (Phi) is 3.22. The van der Waals surface area contributed by atoms with E-state index in [-0.39, 0.29) is 17.4 Å². The molecule has 0 saturated carbocycles. The molecule has 0 fully saturated rings. The molecule has 1 aromatic heterocycles. The predicted octanol–water partition coefficient (Wildman–Crippen LogP) is 2.31. The van der Waals surface area contributed by atoms with Crippen LogP contribution in [0.25, 0.3) is 10.9 Å². The SMILES string of the molecule is CC(NC(=O)c1n[nH]c2ccc(N)cc12)C(C)(C)C. The molecule has 5 heteroatoms. The van der Waals surface area contributed by atoms with Crippen molar-refractivity contribution in [3.05, 3.63) is 23.9 Å². The molecule has 5 nitrogen and oxygen atoms in total. The van der Waals surface area contributed by atoms with Crippen LogP contribution in [-0.2, 0) is 0 Å². The second kappa shape index (κ2) is 4.57. The van der Waals surface area contributed by atoms with Crippen molar-refractivity contribution >= 4 is 22.5 Å². The maximum absolute atomic E-state index is 12.3. The van der Waals surface area contributed by atoms with Crippen molar-refractivity contribution in [3.8, 4) is 0 Å². The topological polar surface area (TPSA) is 83.8 Å². The van der Waals surface area contributed by atoms with Gasteiger partial charge in [-0.2, -0.15) is 5.10 Å². The Balaban J connectivity index is 2.29. The normalized spacial score (nSPS) is 13.5. The summed E-state index contributed by atoms with van der Waals surface area (Å²) in [6.07, 6.45) is 0. The van der Waals surface area contributed by atoms with Gasteiger partial charge in [-0.05, 0) is 30.5 Å². The Morgan fingerprint density at radius 2 is 2.11 bits per heavy atom. The van der Waals surface area contributed by atoms with E-state index in [4.69, 9.17) is 5.73 Å². The third kappa shape index (κ3) is 2.70. The largest absolute Gasteiger partial charge is 0.399 e. The van der Waals surface area contributed by atoms with Gasteiger partial charge in [-0.25, -0.2) is 0 Å². The molecule has 0 aliphatic carbocycles. The van der Waals surface area contributed by atoms with Gasteiger partial charge in [0.25, 0.3) is 5.91 Å². The number of carbonyl (C=O) groups excluding carboxylic acids is 1. The molecule has 1 heterocycles. The minimum Gasteiger partial charge on any atom is -0.399 e. The van der Waals surface area contributed by atoms with Crippen LogP contribution in [0, 0.1) is 5.41 Å². The average molecular weight is 260 g/mol. The van der Waals surface area contributed by atoms with Crippen LogP contribution in [0.3, 0.4) is 0 Å². The van der Waals surface area contributed by atoms with Crippen LogP contribution in [0.15, 0.2) is 18.2 Å². The molecule has 0 radical (unpaired) electrons. The number of amides is 1. The summed E-state index contributed by atoms with van der Waals surface area (Å²) in [7, 11) is 0. The van der Waals surface area contributed by atoms with Gasteiger partial charge in [0.15, 0.2) is 5.69 Å². The number of carbonyl (C=O) groups is 1. The van der Waals surface area contributed by atoms with E-state index >= 15 is 0 Å². The number of anilines is 1. The zero-order valence-corrected chi connectivity index (χ0v) is 11.7. The van der Waals surface area contributed by atoms with E-state index in [9.17, 15) is 4.79 Å². The predicted molar refractivity (Wildman–Crippen MR) is 76.9 cm³/mol. The summed E-state index contributed by atoms with van der Waals surface area (Å²) in [5.74, 6) is -0.181. The van der Waals surface area contributed by atoms with Crippen molar-refractivity contribution < 1.29 is 4.79 Å². The van der Waals surface area contributed by atoms with Crippen molar-refractivity contribution in [2.24, 2.45) is 5.41 Å². The Labute approximate surface area is 112 Å². The van der Waals surface area contributed by atoms with Crippen molar-refractivity contribution in [1.82, 2.24) is 15.5 Å². The smallest absolute Gasteiger partial charge is 0.272 e. The summed E-state index contributed by atoms with van der Waals surface area (Å²) in [4.78, 5) is 12.3. The number of aromatic amines is 1. The van der Waals surface area contributed by atoms with Crippen LogP contribution >= 0.6 is 0 Å². The van der Waals surface area contributed by atoms with Gasteiger partial charge in [-0.15, -0.1) is 0 Å². The molecule has 1 atom stereocenters. The zero-order valence-electron chi connectivity index (χ0n) is 11.7. The standard InChI is InChI=1S/C14H20N4O/c1-8(14(2,3)4)16-13(19)12-10-7-9(15)5-6-11(10)17-18-12/h5-8H,15H2,1-4H3,(H,16,19)(H,17,18). The van der Waals surface area contributed by atoms with E-state index in [1.165, 1.54) is 0 Å². The molecule has 0 saturated heterocycles. The van der Waals surface area contributed by atoms with Crippen molar-refractivity contribution in [1.29, 1.82) is 0 Å². The molecule has 1 unspecified atom stereocenters. The minimum absolute atomic E-state index is 0.000792. The van der Waals surface area contributed by atoms with Crippen LogP contribution in [-0.4, -0.2) is 22.1 Å². The molecule has 2 rings (SSSR count). The highest BCUT2D eigenvalue weighted by Crippen LogP contribution is 2.21. The number of nitrogen functional groups attached to an aromatic ring is 1. The fourth-order valence-electron chi connectivity index (χ4n) is 1.69. The van der Waals surface area contributed by atoms with Crippen LogP contribution in [0.5, 0.6) is 0 Å². The lowest BCUT2D eigenvalue weighted by Gasteiger charge is -2.27. The lowest BCUT2D eigenvalue weighted by molar-refractivity contribution is 0.0906. The first-order valence-electron chi connectivity index (χ1n) is 6.33. The van der Waals surface area contributed by atoms with Gasteiger partial charge in [0, 0.05) is 17.1 Å². The second-order valence-corrected chi connectivity index (χ2v) is 5.94. The number of hydrogen-bond acceptors (Lipinski definition) is 3. The van der Waals surface area contributed by atoms with E-state index in [1.807, 2.05) is 13.0 Å². The lowest BCUT2D eigenvalue weighted by atomic mass is 9.88. The highest BCUT2D eigenvalue weighted by atomic mass is 16.2. The molecule has 4 N–H and O–H groups in total. The van der Waals surface area contributed by atoms with Gasteiger partial charge < -0.3 is 11.1 Å². The van der Waals surface area contributed by atoms with Crippen molar-refractivity contribution in [2.45, 2.75) is 33.7 Å². The number of rotatable bonds is 2. The van der Waals surface area contributed by atoms with Crippen molar-refractivity contribution in [3.63, 3.8) is 0 Å². The molecule has 0 aliphatic heterocycles. The summed E-state index contributed by atoms with van der Waals surface area (Å²) < 4.78 is 0. The van der Waals surface area contributed by atoms with E-state index in [1.54, 1.807) is 12.1 Å². The molecule has 0 aliphatic rings. The monoisotopic (exact) mass is 260 g/mol. The molecule has 1 aromatic carbocycles. The number of hydrogen-bond donors (Lipinski definition) is 3. The lowest BCUT2D eigenvalue weighted by Crippen LogP contribution is -2.41. The molecular formula is C14H20N4O. The molecule has 2 aromatic rings. The van der Waals surface area contributed by atoms with Gasteiger partial charge in [-0.1, -0.05) is 20.8 Å². The van der Waals surface area contributed by atoms with Crippen LogP contribution in [0.2, 0.25) is 0 Å². The first-order valence-corrected chi connectivity index (χ1v) is 6.33. The minimum atomic E-state index is -0.181. The highest BCUT2D eigenvalue weighted by Gasteiger charge is 2.24. The number of benzene rings is 1. The van der Waals surface area contributed by atoms with Crippen LogP contribution in [0.1, 0.15) is 38.2 Å². The third-order valence-electron chi connectivity index (χ3n) is 3.45. The quantitative estimate of drug-likeness (QED) is 0.724. The van der Waals surface area contributed by atoms with E-state index in [0.717, 1.165) is 10.9 Å². The summed E-state index contributed by atoms with van der Waals surface area (Å²) in [5, 5.41) is 10.6. The maximum atomic E-state index is 12.3. The number of H-pyrrole nitrogens is 1. The first kappa shape index (κ1) is 13.4. The Morgan fingerprint density at radius 1 is 1.42 bits per heavy atom. The average Bonchev–Trinajstić information content (AvgIpc) is 2.70. The van der Waals surface area contributed by atoms with Gasteiger partial charge in [0.1, 0.15) is 0 Å². The van der Waals surface area contributed by atoms with Crippen LogP contribution in [0.4, 0.5) is 5.69 Å². The van der Waals surface area contributed by atoms with Crippen molar-refractivity contribution in [2.75, 3.05) is 5.73 Å². The third-order valence-corrected chi connectivity index (χ3v) is 3.45. The second-order valence-electron chi connectivity index (χ2n) is 5.94. The highest BCUT2D eigenvalue weighted by molar-refractivity contribution is 6.05. The number of nitrogens with zero attached hydrogens (tertiary/aromatic N) is 1. The summed E-state index contributed by atoms with van der Waals surface area (Å²) in [6, 6.07) is 5.41. The Morgan fingerprint density at radius 3 is 2.74 bits per heavy atom. The summed E-state index contributed by atoms with van der Waals surface area (Å²) in [5.41, 5.74) is 7.56. The molecule has 102 valence electrons. The van der Waals surface area contributed by atoms with E-state index < -0.39 is 0 Å². The van der Waals surface area contributed by atoms with E-state index in [2.05, 4.69) is 36.3 Å².